The molecule has 1 aromatic heterocycles. The summed E-state index contributed by atoms with van der Waals surface area (Å²) in [6.07, 6.45) is 1.92. The van der Waals surface area contributed by atoms with Crippen LogP contribution in [0.3, 0.4) is 0 Å². The Morgan fingerprint density at radius 1 is 1.00 bits per heavy atom. The minimum absolute atomic E-state index is 0.177. The summed E-state index contributed by atoms with van der Waals surface area (Å²) in [6.45, 7) is 6.23. The Balaban J connectivity index is 1.67. The van der Waals surface area contributed by atoms with E-state index in [9.17, 15) is 18.4 Å². The van der Waals surface area contributed by atoms with Gasteiger partial charge in [-0.15, -0.1) is 0 Å². The molecule has 2 amide bonds. The maximum Gasteiger partial charge on any atom is 0.254 e. The number of amides is 2. The molecule has 0 bridgehead atoms. The molecule has 1 aliphatic rings. The lowest BCUT2D eigenvalue weighted by atomic mass is 9.98. The van der Waals surface area contributed by atoms with Gasteiger partial charge in [0.1, 0.15) is 24.2 Å². The van der Waals surface area contributed by atoms with E-state index < -0.39 is 29.1 Å². The molecule has 1 unspecified atom stereocenters. The van der Waals surface area contributed by atoms with Crippen LogP contribution in [0, 0.1) is 11.6 Å². The minimum Gasteiger partial charge on any atom is -0.348 e. The molecule has 1 atom stereocenters. The number of carbonyl (C=O) groups is 2. The molecule has 7 heteroatoms. The fourth-order valence-corrected chi connectivity index (χ4v) is 4.29. The van der Waals surface area contributed by atoms with Gasteiger partial charge >= 0.3 is 0 Å². The van der Waals surface area contributed by atoms with Crippen LogP contribution in [0.15, 0.2) is 66.9 Å². The van der Waals surface area contributed by atoms with Crippen LogP contribution in [0.4, 0.5) is 8.78 Å². The van der Waals surface area contributed by atoms with E-state index in [1.54, 1.807) is 23.1 Å². The molecule has 0 radical (unpaired) electrons. The Morgan fingerprint density at radius 3 is 2.45 bits per heavy atom. The fourth-order valence-electron chi connectivity index (χ4n) is 4.29. The van der Waals surface area contributed by atoms with Crippen molar-refractivity contribution in [3.8, 4) is 0 Å². The number of rotatable bonds is 4. The number of nitrogens with zero attached hydrogens (tertiary/aromatic N) is 3. The molecular weight excluding hydrogens is 424 g/mol. The molecular formula is C26H27F2N3O2. The van der Waals surface area contributed by atoms with Crippen molar-refractivity contribution in [1.29, 1.82) is 0 Å². The van der Waals surface area contributed by atoms with Crippen LogP contribution >= 0.6 is 0 Å². The summed E-state index contributed by atoms with van der Waals surface area (Å²) in [5.41, 5.74) is 0.710. The third kappa shape index (κ3) is 4.53. The van der Waals surface area contributed by atoms with Gasteiger partial charge in [-0.05, 0) is 57.2 Å². The monoisotopic (exact) mass is 451 g/mol. The number of benzene rings is 2. The van der Waals surface area contributed by atoms with Gasteiger partial charge in [-0.1, -0.05) is 24.3 Å². The zero-order valence-electron chi connectivity index (χ0n) is 19.0. The third-order valence-electron chi connectivity index (χ3n) is 5.98. The Kier molecular flexibility index (Phi) is 6.06. The molecule has 2 heterocycles. The smallest absolute Gasteiger partial charge is 0.254 e. The van der Waals surface area contributed by atoms with Gasteiger partial charge in [-0.25, -0.2) is 8.78 Å². The Bertz CT molecular complexity index is 1180. The van der Waals surface area contributed by atoms with Crippen molar-refractivity contribution in [3.05, 3.63) is 95.3 Å². The van der Waals surface area contributed by atoms with E-state index >= 15 is 0 Å². The maximum atomic E-state index is 14.8. The highest BCUT2D eigenvalue weighted by atomic mass is 19.1. The van der Waals surface area contributed by atoms with Crippen LogP contribution in [-0.4, -0.2) is 44.8 Å². The lowest BCUT2D eigenvalue weighted by molar-refractivity contribution is -0.135. The number of hydrogen-bond acceptors (Lipinski definition) is 2. The van der Waals surface area contributed by atoms with Crippen LogP contribution in [0.25, 0.3) is 0 Å². The lowest BCUT2D eigenvalue weighted by Crippen LogP contribution is -2.53. The zero-order valence-corrected chi connectivity index (χ0v) is 19.0. The summed E-state index contributed by atoms with van der Waals surface area (Å²) in [5.74, 6) is -1.63. The Labute approximate surface area is 192 Å². The van der Waals surface area contributed by atoms with E-state index in [0.717, 1.165) is 5.69 Å². The average Bonchev–Trinajstić information content (AvgIpc) is 3.25. The molecule has 1 aliphatic heterocycles. The van der Waals surface area contributed by atoms with Crippen molar-refractivity contribution >= 4 is 11.8 Å². The van der Waals surface area contributed by atoms with Gasteiger partial charge in [0.2, 0.25) is 5.91 Å². The van der Waals surface area contributed by atoms with E-state index in [-0.39, 0.29) is 18.0 Å². The molecule has 0 saturated carbocycles. The van der Waals surface area contributed by atoms with Gasteiger partial charge in [-0.3, -0.25) is 9.59 Å². The summed E-state index contributed by atoms with van der Waals surface area (Å²) in [7, 11) is 0. The van der Waals surface area contributed by atoms with Gasteiger partial charge in [0, 0.05) is 41.6 Å². The summed E-state index contributed by atoms with van der Waals surface area (Å²) >= 11 is 0. The molecule has 3 aromatic rings. The second-order valence-corrected chi connectivity index (χ2v) is 9.21. The van der Waals surface area contributed by atoms with Gasteiger partial charge in [0.05, 0.1) is 0 Å². The quantitative estimate of drug-likeness (QED) is 0.580. The summed E-state index contributed by atoms with van der Waals surface area (Å²) in [5, 5.41) is 0. The first-order chi connectivity index (χ1) is 15.7. The van der Waals surface area contributed by atoms with Gasteiger partial charge < -0.3 is 14.4 Å². The summed E-state index contributed by atoms with van der Waals surface area (Å²) in [4.78, 5) is 29.9. The number of fused-ring (bicyclic) bond motifs is 1. The van der Waals surface area contributed by atoms with E-state index in [1.165, 1.54) is 35.2 Å². The minimum atomic E-state index is -0.692. The van der Waals surface area contributed by atoms with Crippen molar-refractivity contribution < 1.29 is 18.4 Å². The highest BCUT2D eigenvalue weighted by Gasteiger charge is 2.37. The zero-order chi connectivity index (χ0) is 23.8. The van der Waals surface area contributed by atoms with E-state index in [0.29, 0.717) is 18.7 Å². The number of hydrogen-bond donors (Lipinski definition) is 0. The average molecular weight is 452 g/mol. The first-order valence-electron chi connectivity index (χ1n) is 10.9. The summed E-state index contributed by atoms with van der Waals surface area (Å²) in [6, 6.07) is 15.0. The van der Waals surface area contributed by atoms with Crippen LogP contribution in [0.2, 0.25) is 0 Å². The van der Waals surface area contributed by atoms with Crippen LogP contribution < -0.4 is 0 Å². The predicted molar refractivity (Wildman–Crippen MR) is 122 cm³/mol. The highest BCUT2D eigenvalue weighted by molar-refractivity contribution is 5.97. The lowest BCUT2D eigenvalue weighted by Gasteiger charge is -2.41. The maximum absolute atomic E-state index is 14.8. The molecule has 172 valence electrons. The standard InChI is InChI=1S/C26H27F2N3O2/c1-26(2,3)31(25(33)18-8-6-9-19(27)16-18)17-23(32)30-15-14-29-13-7-12-22(29)24(30)20-10-4-5-11-21(20)28/h4-13,16,24H,14-15,17H2,1-3H3. The Hall–Kier alpha value is -3.48. The molecule has 0 fully saturated rings. The van der Waals surface area contributed by atoms with Gasteiger partial charge in [-0.2, -0.15) is 0 Å². The molecule has 2 aromatic carbocycles. The van der Waals surface area contributed by atoms with E-state index in [2.05, 4.69) is 0 Å². The van der Waals surface area contributed by atoms with Crippen LogP contribution in [0.5, 0.6) is 0 Å². The fraction of sp³-hybridized carbons (Fsp3) is 0.308. The number of halogens is 2. The largest absolute Gasteiger partial charge is 0.348 e. The molecule has 0 spiro atoms. The van der Waals surface area contributed by atoms with E-state index in [1.807, 2.05) is 43.7 Å². The van der Waals surface area contributed by atoms with Crippen molar-refractivity contribution in [2.24, 2.45) is 0 Å². The molecule has 5 nitrogen and oxygen atoms in total. The normalized spacial score (nSPS) is 15.8. The molecule has 0 N–H and O–H groups in total. The predicted octanol–water partition coefficient (Wildman–Crippen LogP) is 4.64. The van der Waals surface area contributed by atoms with Crippen molar-refractivity contribution in [2.45, 2.75) is 38.9 Å². The van der Waals surface area contributed by atoms with E-state index in [4.69, 9.17) is 0 Å². The van der Waals surface area contributed by atoms with Crippen LogP contribution in [-0.2, 0) is 11.3 Å². The second-order valence-electron chi connectivity index (χ2n) is 9.21. The van der Waals surface area contributed by atoms with Crippen molar-refractivity contribution in [3.63, 3.8) is 0 Å². The van der Waals surface area contributed by atoms with Crippen molar-refractivity contribution in [2.75, 3.05) is 13.1 Å². The van der Waals surface area contributed by atoms with Gasteiger partial charge in [0.25, 0.3) is 5.91 Å². The summed E-state index contributed by atoms with van der Waals surface area (Å²) < 4.78 is 30.6. The van der Waals surface area contributed by atoms with Gasteiger partial charge in [0.15, 0.2) is 0 Å². The molecule has 0 saturated heterocycles. The second kappa shape index (κ2) is 8.81. The molecule has 33 heavy (non-hydrogen) atoms. The first-order valence-corrected chi connectivity index (χ1v) is 10.9. The topological polar surface area (TPSA) is 45.6 Å². The first kappa shape index (κ1) is 22.7. The SMILES string of the molecule is CC(C)(C)N(CC(=O)N1CCn2cccc2C1c1ccccc1F)C(=O)c1cccc(F)c1. The van der Waals surface area contributed by atoms with Crippen molar-refractivity contribution in [1.82, 2.24) is 14.4 Å². The third-order valence-corrected chi connectivity index (χ3v) is 5.98. The number of carbonyl (C=O) groups excluding carboxylic acids is 2. The molecule has 0 aliphatic carbocycles. The highest BCUT2D eigenvalue weighted by Crippen LogP contribution is 2.34. The number of aromatic nitrogens is 1. The molecule has 4 rings (SSSR count). The Morgan fingerprint density at radius 2 is 1.76 bits per heavy atom. The van der Waals surface area contributed by atoms with Crippen LogP contribution in [0.1, 0.15) is 48.4 Å².